The van der Waals surface area contributed by atoms with Gasteiger partial charge in [0.2, 0.25) is 6.10 Å². The molecule has 1 aromatic heterocycles. The van der Waals surface area contributed by atoms with Gasteiger partial charge < -0.3 is 19.3 Å². The van der Waals surface area contributed by atoms with E-state index >= 15 is 0 Å². The minimum Gasteiger partial charge on any atom is -0.495 e. The van der Waals surface area contributed by atoms with Gasteiger partial charge in [0.1, 0.15) is 22.7 Å². The Kier molecular flexibility index (Phi) is 5.34. The third-order valence-corrected chi connectivity index (χ3v) is 4.64. The van der Waals surface area contributed by atoms with Gasteiger partial charge in [-0.05, 0) is 25.1 Å². The zero-order valence-electron chi connectivity index (χ0n) is 16.4. The number of para-hydroxylation sites is 1. The molecule has 0 aliphatic carbocycles. The first kappa shape index (κ1) is 19.4. The second kappa shape index (κ2) is 8.24. The van der Waals surface area contributed by atoms with E-state index in [4.69, 9.17) is 14.0 Å². The lowest BCUT2D eigenvalue weighted by Crippen LogP contribution is -2.26. The summed E-state index contributed by atoms with van der Waals surface area (Å²) >= 11 is 0. The minimum atomic E-state index is -0.913. The highest BCUT2D eigenvalue weighted by molar-refractivity contribution is 6.08. The summed E-state index contributed by atoms with van der Waals surface area (Å²) in [7, 11) is 1.53. The molecule has 0 unspecified atom stereocenters. The predicted molar refractivity (Wildman–Crippen MR) is 113 cm³/mol. The molecule has 7 heteroatoms. The van der Waals surface area contributed by atoms with E-state index in [1.807, 2.05) is 30.3 Å². The molecule has 6 nitrogen and oxygen atoms in total. The molecule has 1 heterocycles. The summed E-state index contributed by atoms with van der Waals surface area (Å²) in [6, 6.07) is 17.3. The molecule has 1 N–H and O–H groups in total. The van der Waals surface area contributed by atoms with Gasteiger partial charge in [0.05, 0.1) is 19.0 Å². The van der Waals surface area contributed by atoms with E-state index in [2.05, 4.69) is 10.5 Å². The lowest BCUT2D eigenvalue weighted by molar-refractivity contribution is -0.126. The smallest absolute Gasteiger partial charge is 0.268 e. The SMILES string of the molecule is COc1cc2c(cc1NC(=O)[C@H](C)O/N=C\c1ccccc1F)oc1ccccc12. The molecular weight excluding hydrogens is 387 g/mol. The number of benzene rings is 3. The summed E-state index contributed by atoms with van der Waals surface area (Å²) in [5.41, 5.74) is 2.08. The summed E-state index contributed by atoms with van der Waals surface area (Å²) < 4.78 is 24.9. The Hall–Kier alpha value is -3.87. The van der Waals surface area contributed by atoms with Crippen LogP contribution >= 0.6 is 0 Å². The summed E-state index contributed by atoms with van der Waals surface area (Å²) in [6.07, 6.45) is 0.310. The van der Waals surface area contributed by atoms with Crippen molar-refractivity contribution in [2.24, 2.45) is 5.16 Å². The monoisotopic (exact) mass is 406 g/mol. The number of furan rings is 1. The highest BCUT2D eigenvalue weighted by Crippen LogP contribution is 2.36. The Balaban J connectivity index is 1.51. The molecular formula is C23H19FN2O4. The number of methoxy groups -OCH3 is 1. The second-order valence-electron chi connectivity index (χ2n) is 6.64. The average molecular weight is 406 g/mol. The Morgan fingerprint density at radius 2 is 1.87 bits per heavy atom. The van der Waals surface area contributed by atoms with Gasteiger partial charge in [0.15, 0.2) is 0 Å². The number of carbonyl (C=O) groups excluding carboxylic acids is 1. The number of fused-ring (bicyclic) bond motifs is 3. The largest absolute Gasteiger partial charge is 0.495 e. The first-order valence-electron chi connectivity index (χ1n) is 9.30. The maximum Gasteiger partial charge on any atom is 0.268 e. The van der Waals surface area contributed by atoms with Gasteiger partial charge in [-0.2, -0.15) is 0 Å². The van der Waals surface area contributed by atoms with Crippen LogP contribution in [0.3, 0.4) is 0 Å². The number of carbonyl (C=O) groups is 1. The van der Waals surface area contributed by atoms with Gasteiger partial charge in [0, 0.05) is 22.4 Å². The maximum atomic E-state index is 13.6. The molecule has 3 aromatic carbocycles. The maximum absolute atomic E-state index is 13.6. The number of oxime groups is 1. The van der Waals surface area contributed by atoms with Gasteiger partial charge in [-0.25, -0.2) is 4.39 Å². The molecule has 0 aliphatic heterocycles. The van der Waals surface area contributed by atoms with Crippen molar-refractivity contribution in [1.29, 1.82) is 0 Å². The fourth-order valence-corrected chi connectivity index (χ4v) is 3.06. The van der Waals surface area contributed by atoms with E-state index in [-0.39, 0.29) is 5.56 Å². The molecule has 4 rings (SSSR count). The molecule has 4 aromatic rings. The van der Waals surface area contributed by atoms with Crippen molar-refractivity contribution >= 4 is 39.7 Å². The van der Waals surface area contributed by atoms with Crippen LogP contribution in [0.15, 0.2) is 70.2 Å². The van der Waals surface area contributed by atoms with Gasteiger partial charge >= 0.3 is 0 Å². The number of halogens is 1. The van der Waals surface area contributed by atoms with Crippen molar-refractivity contribution in [3.63, 3.8) is 0 Å². The van der Waals surface area contributed by atoms with E-state index < -0.39 is 17.8 Å². The molecule has 0 aliphatic rings. The van der Waals surface area contributed by atoms with Crippen molar-refractivity contribution < 1.29 is 23.2 Å². The number of amides is 1. The second-order valence-corrected chi connectivity index (χ2v) is 6.64. The standard InChI is InChI=1S/C23H19FN2O4/c1-14(30-25-13-15-7-3-5-9-18(15)24)23(27)26-19-12-21-17(11-22(19)28-2)16-8-4-6-10-20(16)29-21/h3-14H,1-2H3,(H,26,27)/b25-13-/t14-/m0/s1. The van der Waals surface area contributed by atoms with Crippen LogP contribution in [-0.2, 0) is 9.63 Å². The zero-order valence-corrected chi connectivity index (χ0v) is 16.4. The number of rotatable bonds is 6. The van der Waals surface area contributed by atoms with Crippen molar-refractivity contribution in [2.75, 3.05) is 12.4 Å². The minimum absolute atomic E-state index is 0.266. The Labute approximate surface area is 171 Å². The van der Waals surface area contributed by atoms with Crippen LogP contribution in [0.2, 0.25) is 0 Å². The fourth-order valence-electron chi connectivity index (χ4n) is 3.06. The molecule has 0 saturated heterocycles. The van der Waals surface area contributed by atoms with Crippen LogP contribution in [0.25, 0.3) is 21.9 Å². The molecule has 1 atom stereocenters. The lowest BCUT2D eigenvalue weighted by atomic mass is 10.1. The van der Waals surface area contributed by atoms with E-state index in [9.17, 15) is 9.18 Å². The van der Waals surface area contributed by atoms with Crippen molar-refractivity contribution in [2.45, 2.75) is 13.0 Å². The Morgan fingerprint density at radius 3 is 2.67 bits per heavy atom. The van der Waals surface area contributed by atoms with Crippen LogP contribution in [0.4, 0.5) is 10.1 Å². The van der Waals surface area contributed by atoms with Crippen molar-refractivity contribution in [3.05, 3.63) is 72.0 Å². The first-order chi connectivity index (χ1) is 14.6. The van der Waals surface area contributed by atoms with E-state index in [1.54, 1.807) is 31.2 Å². The van der Waals surface area contributed by atoms with Gasteiger partial charge in [-0.3, -0.25) is 4.79 Å². The predicted octanol–water partition coefficient (Wildman–Crippen LogP) is 5.11. The topological polar surface area (TPSA) is 73.1 Å². The van der Waals surface area contributed by atoms with Crippen LogP contribution in [-0.4, -0.2) is 25.3 Å². The van der Waals surface area contributed by atoms with Crippen molar-refractivity contribution in [1.82, 2.24) is 0 Å². The van der Waals surface area contributed by atoms with Crippen LogP contribution in [0.5, 0.6) is 5.75 Å². The highest BCUT2D eigenvalue weighted by Gasteiger charge is 2.18. The number of ether oxygens (including phenoxy) is 1. The average Bonchev–Trinajstić information content (AvgIpc) is 3.11. The van der Waals surface area contributed by atoms with Gasteiger partial charge in [0.25, 0.3) is 5.91 Å². The summed E-state index contributed by atoms with van der Waals surface area (Å²) in [5.74, 6) is -0.371. The molecule has 0 saturated carbocycles. The normalized spacial score (nSPS) is 12.4. The van der Waals surface area contributed by atoms with Gasteiger partial charge in [-0.15, -0.1) is 0 Å². The Bertz CT molecular complexity index is 1250. The summed E-state index contributed by atoms with van der Waals surface area (Å²) in [6.45, 7) is 1.54. The van der Waals surface area contributed by atoms with Crippen LogP contribution in [0, 0.1) is 5.82 Å². The third kappa shape index (κ3) is 3.82. The van der Waals surface area contributed by atoms with Crippen LogP contribution < -0.4 is 10.1 Å². The summed E-state index contributed by atoms with van der Waals surface area (Å²) in [5, 5.41) is 8.32. The molecule has 0 fully saturated rings. The highest BCUT2D eigenvalue weighted by atomic mass is 19.1. The molecule has 1 amide bonds. The molecule has 0 radical (unpaired) electrons. The molecule has 0 bridgehead atoms. The van der Waals surface area contributed by atoms with Crippen LogP contribution in [0.1, 0.15) is 12.5 Å². The van der Waals surface area contributed by atoms with E-state index in [0.717, 1.165) is 16.4 Å². The number of nitrogens with one attached hydrogen (secondary N) is 1. The first-order valence-corrected chi connectivity index (χ1v) is 9.30. The molecule has 30 heavy (non-hydrogen) atoms. The quantitative estimate of drug-likeness (QED) is 0.357. The fraction of sp³-hybridized carbons (Fsp3) is 0.130. The summed E-state index contributed by atoms with van der Waals surface area (Å²) in [4.78, 5) is 17.7. The Morgan fingerprint density at radius 1 is 1.10 bits per heavy atom. The lowest BCUT2D eigenvalue weighted by Gasteiger charge is -2.13. The number of hydrogen-bond donors (Lipinski definition) is 1. The van der Waals surface area contributed by atoms with E-state index in [0.29, 0.717) is 17.0 Å². The number of hydrogen-bond acceptors (Lipinski definition) is 5. The number of nitrogens with zero attached hydrogens (tertiary/aromatic N) is 1. The van der Waals surface area contributed by atoms with Gasteiger partial charge in [-0.1, -0.05) is 41.6 Å². The molecule has 152 valence electrons. The van der Waals surface area contributed by atoms with Crippen molar-refractivity contribution in [3.8, 4) is 5.75 Å². The molecule has 0 spiro atoms. The third-order valence-electron chi connectivity index (χ3n) is 4.64. The zero-order chi connectivity index (χ0) is 21.1. The van der Waals surface area contributed by atoms with E-state index in [1.165, 1.54) is 19.4 Å². The number of anilines is 1.